The van der Waals surface area contributed by atoms with Gasteiger partial charge in [-0.2, -0.15) is 0 Å². The third-order valence-electron chi connectivity index (χ3n) is 4.65. The molecule has 0 saturated carbocycles. The van der Waals surface area contributed by atoms with Crippen LogP contribution >= 0.6 is 0 Å². The van der Waals surface area contributed by atoms with Crippen molar-refractivity contribution in [2.24, 2.45) is 5.92 Å². The lowest BCUT2D eigenvalue weighted by Gasteiger charge is -2.31. The molecule has 1 aliphatic heterocycles. The van der Waals surface area contributed by atoms with E-state index in [0.717, 1.165) is 42.9 Å². The summed E-state index contributed by atoms with van der Waals surface area (Å²) in [4.78, 5) is 26.8. The number of anilines is 1. The fraction of sp³-hybridized carbons (Fsp3) is 0.636. The van der Waals surface area contributed by atoms with Gasteiger partial charge in [-0.25, -0.2) is 0 Å². The van der Waals surface area contributed by atoms with Crippen LogP contribution in [0.4, 0.5) is 5.69 Å². The van der Waals surface area contributed by atoms with E-state index in [1.165, 1.54) is 0 Å². The third-order valence-corrected chi connectivity index (χ3v) is 4.65. The van der Waals surface area contributed by atoms with Gasteiger partial charge in [-0.1, -0.05) is 0 Å². The van der Waals surface area contributed by atoms with Crippen LogP contribution in [0.1, 0.15) is 53.0 Å². The number of nitrogens with one attached hydrogen (secondary N) is 2. The molecule has 2 rings (SSSR count). The van der Waals surface area contributed by atoms with Crippen LogP contribution in [0.3, 0.4) is 0 Å². The molecule has 0 spiro atoms. The Morgan fingerprint density at radius 1 is 1.21 bits per heavy atom. The average molecular weight is 390 g/mol. The number of benzene rings is 1. The van der Waals surface area contributed by atoms with Crippen molar-refractivity contribution >= 4 is 17.5 Å². The summed E-state index contributed by atoms with van der Waals surface area (Å²) in [6, 6.07) is 5.73. The SMILES string of the molecule is Cc1cc(NC(=O)C2CCN(CC(=O)NC(C)(C)C)CC2)ccc1OC(C)C. The van der Waals surface area contributed by atoms with E-state index in [9.17, 15) is 9.59 Å². The van der Waals surface area contributed by atoms with E-state index in [1.54, 1.807) is 0 Å². The first-order valence-electron chi connectivity index (χ1n) is 10.1. The van der Waals surface area contributed by atoms with Gasteiger partial charge in [0.2, 0.25) is 11.8 Å². The van der Waals surface area contributed by atoms with Crippen LogP contribution < -0.4 is 15.4 Å². The summed E-state index contributed by atoms with van der Waals surface area (Å²) in [5.74, 6) is 0.911. The van der Waals surface area contributed by atoms with E-state index in [1.807, 2.05) is 59.7 Å². The molecule has 0 radical (unpaired) electrons. The van der Waals surface area contributed by atoms with Crippen LogP contribution in [-0.2, 0) is 9.59 Å². The van der Waals surface area contributed by atoms with Crippen molar-refractivity contribution in [2.45, 2.75) is 66.0 Å². The largest absolute Gasteiger partial charge is 0.491 e. The molecular formula is C22H35N3O3. The van der Waals surface area contributed by atoms with Gasteiger partial charge in [0.1, 0.15) is 5.75 Å². The van der Waals surface area contributed by atoms with Gasteiger partial charge in [0.25, 0.3) is 0 Å². The monoisotopic (exact) mass is 389 g/mol. The van der Waals surface area contributed by atoms with Crippen molar-refractivity contribution in [3.63, 3.8) is 0 Å². The van der Waals surface area contributed by atoms with Gasteiger partial charge < -0.3 is 15.4 Å². The Labute approximate surface area is 169 Å². The van der Waals surface area contributed by atoms with Gasteiger partial charge in [-0.15, -0.1) is 0 Å². The number of rotatable bonds is 6. The smallest absolute Gasteiger partial charge is 0.234 e. The molecule has 156 valence electrons. The zero-order chi connectivity index (χ0) is 20.9. The molecule has 1 fully saturated rings. The second kappa shape index (κ2) is 9.41. The topological polar surface area (TPSA) is 70.7 Å². The molecule has 0 atom stereocenters. The van der Waals surface area contributed by atoms with Crippen LogP contribution in [0.2, 0.25) is 0 Å². The van der Waals surface area contributed by atoms with Crippen molar-refractivity contribution in [3.05, 3.63) is 23.8 Å². The number of aryl methyl sites for hydroxylation is 1. The molecule has 2 amide bonds. The van der Waals surface area contributed by atoms with Crippen molar-refractivity contribution < 1.29 is 14.3 Å². The Balaban J connectivity index is 1.82. The number of hydrogen-bond donors (Lipinski definition) is 2. The molecule has 0 aliphatic carbocycles. The minimum atomic E-state index is -0.219. The Morgan fingerprint density at radius 3 is 2.39 bits per heavy atom. The predicted molar refractivity (Wildman–Crippen MR) is 113 cm³/mol. The number of ether oxygens (including phenoxy) is 1. The van der Waals surface area contributed by atoms with Crippen LogP contribution in [0, 0.1) is 12.8 Å². The van der Waals surface area contributed by atoms with Crippen molar-refractivity contribution in [3.8, 4) is 5.75 Å². The maximum absolute atomic E-state index is 12.6. The molecule has 0 unspecified atom stereocenters. The summed E-state index contributed by atoms with van der Waals surface area (Å²) in [5.41, 5.74) is 1.58. The van der Waals surface area contributed by atoms with Crippen LogP contribution in [-0.4, -0.2) is 48.0 Å². The van der Waals surface area contributed by atoms with E-state index in [-0.39, 0.29) is 29.4 Å². The van der Waals surface area contributed by atoms with Crippen LogP contribution in [0.15, 0.2) is 18.2 Å². The van der Waals surface area contributed by atoms with E-state index < -0.39 is 0 Å². The molecule has 1 aromatic rings. The third kappa shape index (κ3) is 7.15. The van der Waals surface area contributed by atoms with Gasteiger partial charge in [-0.05, 0) is 91.2 Å². The maximum Gasteiger partial charge on any atom is 0.234 e. The first-order chi connectivity index (χ1) is 13.0. The molecule has 1 heterocycles. The summed E-state index contributed by atoms with van der Waals surface area (Å²) in [6.45, 7) is 13.8. The van der Waals surface area contributed by atoms with Gasteiger partial charge >= 0.3 is 0 Å². The molecule has 6 nitrogen and oxygen atoms in total. The Bertz CT molecular complexity index is 687. The summed E-state index contributed by atoms with van der Waals surface area (Å²) < 4.78 is 5.74. The summed E-state index contributed by atoms with van der Waals surface area (Å²) in [6.07, 6.45) is 1.65. The highest BCUT2D eigenvalue weighted by Gasteiger charge is 2.26. The first kappa shape index (κ1) is 22.2. The molecular weight excluding hydrogens is 354 g/mol. The molecule has 1 aromatic carbocycles. The second-order valence-corrected chi connectivity index (χ2v) is 8.98. The van der Waals surface area contributed by atoms with E-state index >= 15 is 0 Å². The van der Waals surface area contributed by atoms with Gasteiger partial charge in [0.05, 0.1) is 12.6 Å². The normalized spacial score (nSPS) is 16.1. The molecule has 28 heavy (non-hydrogen) atoms. The van der Waals surface area contributed by atoms with Gasteiger partial charge in [0, 0.05) is 17.1 Å². The molecule has 1 saturated heterocycles. The van der Waals surface area contributed by atoms with Crippen LogP contribution in [0.5, 0.6) is 5.75 Å². The highest BCUT2D eigenvalue weighted by Crippen LogP contribution is 2.25. The lowest BCUT2D eigenvalue weighted by atomic mass is 9.95. The highest BCUT2D eigenvalue weighted by atomic mass is 16.5. The quantitative estimate of drug-likeness (QED) is 0.783. The lowest BCUT2D eigenvalue weighted by molar-refractivity contribution is -0.124. The summed E-state index contributed by atoms with van der Waals surface area (Å²) >= 11 is 0. The van der Waals surface area contributed by atoms with Gasteiger partial charge in [-0.3, -0.25) is 14.5 Å². The number of carbonyl (C=O) groups excluding carboxylic acids is 2. The number of hydrogen-bond acceptors (Lipinski definition) is 4. The fourth-order valence-electron chi connectivity index (χ4n) is 3.37. The van der Waals surface area contributed by atoms with Crippen molar-refractivity contribution in [2.75, 3.05) is 25.0 Å². The minimum Gasteiger partial charge on any atom is -0.491 e. The predicted octanol–water partition coefficient (Wildman–Crippen LogP) is 3.35. The average Bonchev–Trinajstić information content (AvgIpc) is 2.56. The second-order valence-electron chi connectivity index (χ2n) is 8.98. The molecule has 2 N–H and O–H groups in total. The Hall–Kier alpha value is -2.08. The molecule has 6 heteroatoms. The van der Waals surface area contributed by atoms with Gasteiger partial charge in [0.15, 0.2) is 0 Å². The standard InChI is InChI=1S/C22H35N3O3/c1-15(2)28-19-8-7-18(13-16(19)3)23-21(27)17-9-11-25(12-10-17)14-20(26)24-22(4,5)6/h7-8,13,15,17H,9-12,14H2,1-6H3,(H,23,27)(H,24,26). The van der Waals surface area contributed by atoms with E-state index in [4.69, 9.17) is 4.74 Å². The summed E-state index contributed by atoms with van der Waals surface area (Å²) in [5, 5.41) is 6.01. The molecule has 0 aromatic heterocycles. The Kier molecular flexibility index (Phi) is 7.47. The number of carbonyl (C=O) groups is 2. The number of likely N-dealkylation sites (tertiary alicyclic amines) is 1. The molecule has 0 bridgehead atoms. The summed E-state index contributed by atoms with van der Waals surface area (Å²) in [7, 11) is 0. The number of amides is 2. The van der Waals surface area contributed by atoms with E-state index in [0.29, 0.717) is 6.54 Å². The maximum atomic E-state index is 12.6. The lowest BCUT2D eigenvalue weighted by Crippen LogP contribution is -2.48. The Morgan fingerprint density at radius 2 is 1.86 bits per heavy atom. The van der Waals surface area contributed by atoms with Crippen LogP contribution in [0.25, 0.3) is 0 Å². The van der Waals surface area contributed by atoms with Crippen molar-refractivity contribution in [1.29, 1.82) is 0 Å². The van der Waals surface area contributed by atoms with Crippen molar-refractivity contribution in [1.82, 2.24) is 10.2 Å². The number of piperidine rings is 1. The zero-order valence-corrected chi connectivity index (χ0v) is 18.1. The minimum absolute atomic E-state index is 0.0196. The molecule has 1 aliphatic rings. The first-order valence-corrected chi connectivity index (χ1v) is 10.1. The zero-order valence-electron chi connectivity index (χ0n) is 18.1. The fourth-order valence-corrected chi connectivity index (χ4v) is 3.37. The number of nitrogens with zero attached hydrogens (tertiary/aromatic N) is 1. The van der Waals surface area contributed by atoms with E-state index in [2.05, 4.69) is 15.5 Å². The highest BCUT2D eigenvalue weighted by molar-refractivity contribution is 5.92.